The van der Waals surface area contributed by atoms with Crippen LogP contribution in [0.1, 0.15) is 16.7 Å². The molecule has 4 nitrogen and oxygen atoms in total. The smallest absolute Gasteiger partial charge is 0.246 e. The Morgan fingerprint density at radius 3 is 2.62 bits per heavy atom. The zero-order valence-corrected chi connectivity index (χ0v) is 15.1. The molecule has 0 radical (unpaired) electrons. The highest BCUT2D eigenvalue weighted by atomic mass is 79.9. The van der Waals surface area contributed by atoms with Gasteiger partial charge in [0.05, 0.1) is 18.7 Å². The van der Waals surface area contributed by atoms with Gasteiger partial charge >= 0.3 is 0 Å². The largest absolute Gasteiger partial charge is 0.496 e. The summed E-state index contributed by atoms with van der Waals surface area (Å²) in [5.41, 5.74) is 2.39. The summed E-state index contributed by atoms with van der Waals surface area (Å²) >= 11 is 3.43. The first-order valence-corrected chi connectivity index (χ1v) is 8.08. The predicted octanol–water partition coefficient (Wildman–Crippen LogP) is 4.00. The van der Waals surface area contributed by atoms with E-state index in [4.69, 9.17) is 10.00 Å². The lowest BCUT2D eigenvalue weighted by Crippen LogP contribution is -2.24. The molecule has 0 fully saturated rings. The number of methoxy groups -OCH3 is 1. The van der Waals surface area contributed by atoms with Crippen molar-refractivity contribution < 1.29 is 9.53 Å². The topological polar surface area (TPSA) is 53.3 Å². The highest BCUT2D eigenvalue weighted by molar-refractivity contribution is 9.10. The Morgan fingerprint density at radius 1 is 1.29 bits per heavy atom. The van der Waals surface area contributed by atoms with Crippen molar-refractivity contribution in [3.05, 3.63) is 69.7 Å². The first-order valence-electron chi connectivity index (χ1n) is 7.29. The minimum absolute atomic E-state index is 0.110. The lowest BCUT2D eigenvalue weighted by molar-refractivity contribution is -0.125. The van der Waals surface area contributed by atoms with Crippen LogP contribution in [-0.4, -0.2) is 25.0 Å². The SMILES string of the molecule is COc1ccc(Br)cc1CN(C)C(=O)/C=C/c1ccc(C#N)cc1. The van der Waals surface area contributed by atoms with Crippen LogP contribution in [0.25, 0.3) is 6.08 Å². The Hall–Kier alpha value is -2.58. The van der Waals surface area contributed by atoms with Crippen molar-refractivity contribution in [3.63, 3.8) is 0 Å². The first-order chi connectivity index (χ1) is 11.5. The van der Waals surface area contributed by atoms with Crippen LogP contribution in [-0.2, 0) is 11.3 Å². The third kappa shape index (κ3) is 4.71. The molecule has 122 valence electrons. The molecule has 2 aromatic carbocycles. The summed E-state index contributed by atoms with van der Waals surface area (Å²) in [6, 6.07) is 14.8. The second kappa shape index (κ2) is 8.32. The van der Waals surface area contributed by atoms with Crippen LogP contribution in [0.3, 0.4) is 0 Å². The number of nitriles is 1. The normalized spacial score (nSPS) is 10.4. The fourth-order valence-corrected chi connectivity index (χ4v) is 2.58. The Labute approximate surface area is 150 Å². The molecule has 0 heterocycles. The maximum absolute atomic E-state index is 12.3. The third-order valence-corrected chi connectivity index (χ3v) is 3.98. The fourth-order valence-electron chi connectivity index (χ4n) is 2.17. The second-order valence-corrected chi connectivity index (χ2v) is 6.13. The number of nitrogens with zero attached hydrogens (tertiary/aromatic N) is 2. The second-order valence-electron chi connectivity index (χ2n) is 5.22. The molecule has 0 saturated heterocycles. The predicted molar refractivity (Wildman–Crippen MR) is 97.4 cm³/mol. The molecular formula is C19H17BrN2O2. The molecule has 0 atom stereocenters. The zero-order chi connectivity index (χ0) is 17.5. The number of rotatable bonds is 5. The van der Waals surface area contributed by atoms with E-state index in [2.05, 4.69) is 22.0 Å². The number of hydrogen-bond acceptors (Lipinski definition) is 3. The number of hydrogen-bond donors (Lipinski definition) is 0. The van der Waals surface area contributed by atoms with E-state index >= 15 is 0 Å². The summed E-state index contributed by atoms with van der Waals surface area (Å²) < 4.78 is 6.27. The molecule has 5 heteroatoms. The third-order valence-electron chi connectivity index (χ3n) is 3.48. The molecule has 0 aliphatic carbocycles. The molecule has 0 aliphatic heterocycles. The number of halogens is 1. The first kappa shape index (κ1) is 17.8. The number of carbonyl (C=O) groups is 1. The van der Waals surface area contributed by atoms with Gasteiger partial charge in [-0.05, 0) is 42.0 Å². The van der Waals surface area contributed by atoms with Gasteiger partial charge < -0.3 is 9.64 Å². The average Bonchev–Trinajstić information content (AvgIpc) is 2.60. The summed E-state index contributed by atoms with van der Waals surface area (Å²) in [5.74, 6) is 0.635. The van der Waals surface area contributed by atoms with Gasteiger partial charge in [-0.25, -0.2) is 0 Å². The van der Waals surface area contributed by atoms with E-state index in [1.165, 1.54) is 6.08 Å². The molecule has 2 rings (SSSR count). The van der Waals surface area contributed by atoms with Crippen LogP contribution >= 0.6 is 15.9 Å². The van der Waals surface area contributed by atoms with E-state index in [1.54, 1.807) is 49.4 Å². The van der Waals surface area contributed by atoms with E-state index in [9.17, 15) is 4.79 Å². The quantitative estimate of drug-likeness (QED) is 0.731. The van der Waals surface area contributed by atoms with E-state index < -0.39 is 0 Å². The van der Waals surface area contributed by atoms with Gasteiger partial charge in [0.15, 0.2) is 0 Å². The Bertz CT molecular complexity index is 792. The molecule has 0 aromatic heterocycles. The standard InChI is InChI=1S/C19H17BrN2O2/c1-22(13-16-11-17(20)8-9-18(16)24-2)19(23)10-7-14-3-5-15(12-21)6-4-14/h3-11H,13H2,1-2H3/b10-7+. The molecule has 0 N–H and O–H groups in total. The van der Waals surface area contributed by atoms with Crippen LogP contribution in [0.5, 0.6) is 5.75 Å². The van der Waals surface area contributed by atoms with Crippen LogP contribution < -0.4 is 4.74 Å². The number of amides is 1. The van der Waals surface area contributed by atoms with Gasteiger partial charge in [0.2, 0.25) is 5.91 Å². The van der Waals surface area contributed by atoms with Crippen molar-refractivity contribution in [2.24, 2.45) is 0 Å². The number of benzene rings is 2. The summed E-state index contributed by atoms with van der Waals surface area (Å²) in [5, 5.41) is 8.78. The highest BCUT2D eigenvalue weighted by Crippen LogP contribution is 2.24. The van der Waals surface area contributed by atoms with Crippen molar-refractivity contribution in [1.29, 1.82) is 5.26 Å². The Balaban J connectivity index is 2.05. The minimum atomic E-state index is -0.110. The Morgan fingerprint density at radius 2 is 2.00 bits per heavy atom. The zero-order valence-electron chi connectivity index (χ0n) is 13.5. The fraction of sp³-hybridized carbons (Fsp3) is 0.158. The van der Waals surface area contributed by atoms with Crippen LogP contribution in [0, 0.1) is 11.3 Å². The van der Waals surface area contributed by atoms with Gasteiger partial charge in [-0.15, -0.1) is 0 Å². The summed E-state index contributed by atoms with van der Waals surface area (Å²) in [7, 11) is 3.35. The maximum atomic E-state index is 12.3. The lowest BCUT2D eigenvalue weighted by atomic mass is 10.1. The monoisotopic (exact) mass is 384 g/mol. The van der Waals surface area contributed by atoms with Gasteiger partial charge in [0.1, 0.15) is 5.75 Å². The molecule has 1 amide bonds. The minimum Gasteiger partial charge on any atom is -0.496 e. The van der Waals surface area contributed by atoms with Gasteiger partial charge in [-0.3, -0.25) is 4.79 Å². The van der Waals surface area contributed by atoms with E-state index in [-0.39, 0.29) is 5.91 Å². The van der Waals surface area contributed by atoms with Gasteiger partial charge in [-0.2, -0.15) is 5.26 Å². The molecule has 2 aromatic rings. The van der Waals surface area contributed by atoms with Crippen molar-refractivity contribution in [1.82, 2.24) is 4.90 Å². The van der Waals surface area contributed by atoms with Crippen LogP contribution in [0.4, 0.5) is 0 Å². The lowest BCUT2D eigenvalue weighted by Gasteiger charge is -2.17. The molecule has 0 bridgehead atoms. The molecular weight excluding hydrogens is 368 g/mol. The molecule has 0 aliphatic rings. The van der Waals surface area contributed by atoms with E-state index in [0.717, 1.165) is 21.3 Å². The maximum Gasteiger partial charge on any atom is 0.246 e. The summed E-state index contributed by atoms with van der Waals surface area (Å²) in [6.45, 7) is 0.444. The van der Waals surface area contributed by atoms with Gasteiger partial charge in [0.25, 0.3) is 0 Å². The Kier molecular flexibility index (Phi) is 6.16. The summed E-state index contributed by atoms with van der Waals surface area (Å²) in [6.07, 6.45) is 3.25. The molecule has 0 spiro atoms. The van der Waals surface area contributed by atoms with Crippen LogP contribution in [0.2, 0.25) is 0 Å². The van der Waals surface area contributed by atoms with Crippen molar-refractivity contribution >= 4 is 27.9 Å². The van der Waals surface area contributed by atoms with Crippen molar-refractivity contribution in [3.8, 4) is 11.8 Å². The number of carbonyl (C=O) groups excluding carboxylic acids is 1. The van der Waals surface area contributed by atoms with E-state index in [0.29, 0.717) is 12.1 Å². The molecule has 24 heavy (non-hydrogen) atoms. The van der Waals surface area contributed by atoms with Crippen molar-refractivity contribution in [2.45, 2.75) is 6.54 Å². The number of ether oxygens (including phenoxy) is 1. The summed E-state index contributed by atoms with van der Waals surface area (Å²) in [4.78, 5) is 13.9. The molecule has 0 unspecified atom stereocenters. The highest BCUT2D eigenvalue weighted by Gasteiger charge is 2.10. The average molecular weight is 385 g/mol. The van der Waals surface area contributed by atoms with Gasteiger partial charge in [0, 0.05) is 29.7 Å². The molecule has 0 saturated carbocycles. The van der Waals surface area contributed by atoms with Crippen LogP contribution in [0.15, 0.2) is 53.0 Å². The van der Waals surface area contributed by atoms with Crippen molar-refractivity contribution in [2.75, 3.05) is 14.2 Å². The number of likely N-dealkylation sites (N-methyl/N-ethyl adjacent to an activating group) is 1. The van der Waals surface area contributed by atoms with E-state index in [1.807, 2.05) is 18.2 Å². The van der Waals surface area contributed by atoms with Gasteiger partial charge in [-0.1, -0.05) is 28.1 Å².